The van der Waals surface area contributed by atoms with Crippen molar-refractivity contribution in [2.75, 3.05) is 6.54 Å². The highest BCUT2D eigenvalue weighted by atomic mass is 16.4. The van der Waals surface area contributed by atoms with Crippen LogP contribution in [0.15, 0.2) is 0 Å². The number of rotatable bonds is 4. The molecule has 6 nitrogen and oxygen atoms in total. The molecule has 1 fully saturated rings. The van der Waals surface area contributed by atoms with Gasteiger partial charge in [0.2, 0.25) is 11.8 Å². The highest BCUT2D eigenvalue weighted by molar-refractivity contribution is 5.89. The molecule has 2 amide bonds. The number of nitrogens with one attached hydrogen (secondary N) is 2. The summed E-state index contributed by atoms with van der Waals surface area (Å²) in [4.78, 5) is 33.7. The van der Waals surface area contributed by atoms with Gasteiger partial charge in [-0.05, 0) is 31.6 Å². The smallest absolute Gasteiger partial charge is 0.329 e. The highest BCUT2D eigenvalue weighted by Gasteiger charge is 2.42. The van der Waals surface area contributed by atoms with Crippen molar-refractivity contribution in [1.82, 2.24) is 10.6 Å². The Bertz CT molecular complexity index is 346. The Morgan fingerprint density at radius 1 is 1.28 bits per heavy atom. The number of carboxylic acid groups (broad SMARTS) is 1. The molecule has 3 N–H and O–H groups in total. The van der Waals surface area contributed by atoms with Gasteiger partial charge in [-0.1, -0.05) is 6.92 Å². The maximum Gasteiger partial charge on any atom is 0.329 e. The average molecular weight is 256 g/mol. The van der Waals surface area contributed by atoms with E-state index in [2.05, 4.69) is 17.6 Å². The molecule has 0 unspecified atom stereocenters. The molecule has 0 spiro atoms. The van der Waals surface area contributed by atoms with Crippen molar-refractivity contribution in [1.29, 1.82) is 0 Å². The second-order valence-electron chi connectivity index (χ2n) is 5.03. The molecule has 1 aliphatic rings. The Balaban J connectivity index is 2.60. The molecule has 18 heavy (non-hydrogen) atoms. The fourth-order valence-electron chi connectivity index (χ4n) is 2.16. The fourth-order valence-corrected chi connectivity index (χ4v) is 2.16. The van der Waals surface area contributed by atoms with E-state index in [9.17, 15) is 19.5 Å². The number of amides is 2. The monoisotopic (exact) mass is 256 g/mol. The van der Waals surface area contributed by atoms with Crippen LogP contribution >= 0.6 is 0 Å². The lowest BCUT2D eigenvalue weighted by Crippen LogP contribution is -2.57. The van der Waals surface area contributed by atoms with E-state index in [1.807, 2.05) is 0 Å². The number of carbonyl (C=O) groups excluding carboxylic acids is 2. The van der Waals surface area contributed by atoms with E-state index in [-0.39, 0.29) is 12.5 Å². The molecule has 0 aromatic carbocycles. The van der Waals surface area contributed by atoms with Crippen LogP contribution in [0.3, 0.4) is 0 Å². The molecular formula is C12H20N2O4. The van der Waals surface area contributed by atoms with Gasteiger partial charge in [0, 0.05) is 6.92 Å². The molecule has 0 heterocycles. The molecule has 6 heteroatoms. The van der Waals surface area contributed by atoms with Crippen LogP contribution in [0.2, 0.25) is 0 Å². The Kier molecular flexibility index (Phi) is 4.69. The van der Waals surface area contributed by atoms with Crippen LogP contribution in [0.4, 0.5) is 0 Å². The predicted octanol–water partition coefficient (Wildman–Crippen LogP) is 0.272. The zero-order chi connectivity index (χ0) is 13.8. The van der Waals surface area contributed by atoms with E-state index < -0.39 is 17.4 Å². The molecule has 0 saturated heterocycles. The van der Waals surface area contributed by atoms with Crippen LogP contribution in [0.25, 0.3) is 0 Å². The first-order valence-corrected chi connectivity index (χ1v) is 6.14. The standard InChI is InChI=1S/C12H20N2O4/c1-8-3-5-12(6-4-8,11(17)18)14-10(16)7-13-9(2)15/h8H,3-7H2,1-2H3,(H,13,15)(H,14,16)(H,17,18). The first-order valence-electron chi connectivity index (χ1n) is 6.14. The maximum atomic E-state index is 11.6. The van der Waals surface area contributed by atoms with Gasteiger partial charge in [0.25, 0.3) is 0 Å². The Labute approximate surface area is 106 Å². The molecule has 0 aromatic heterocycles. The summed E-state index contributed by atoms with van der Waals surface area (Å²) in [6, 6.07) is 0. The van der Waals surface area contributed by atoms with E-state index in [0.717, 1.165) is 12.8 Å². The minimum absolute atomic E-state index is 0.181. The van der Waals surface area contributed by atoms with Crippen molar-refractivity contribution in [3.8, 4) is 0 Å². The molecule has 1 aliphatic carbocycles. The summed E-state index contributed by atoms with van der Waals surface area (Å²) in [5.41, 5.74) is -1.16. The van der Waals surface area contributed by atoms with Crippen LogP contribution < -0.4 is 10.6 Å². The van der Waals surface area contributed by atoms with Crippen LogP contribution in [-0.2, 0) is 14.4 Å². The normalized spacial score (nSPS) is 27.3. The van der Waals surface area contributed by atoms with Crippen molar-refractivity contribution >= 4 is 17.8 Å². The first kappa shape index (κ1) is 14.5. The number of carboxylic acids is 1. The van der Waals surface area contributed by atoms with Crippen LogP contribution in [-0.4, -0.2) is 35.0 Å². The molecule has 102 valence electrons. The summed E-state index contributed by atoms with van der Waals surface area (Å²) >= 11 is 0. The number of aliphatic carboxylic acids is 1. The second-order valence-corrected chi connectivity index (χ2v) is 5.03. The summed E-state index contributed by atoms with van der Waals surface area (Å²) in [5, 5.41) is 14.2. The molecule has 0 aromatic rings. The summed E-state index contributed by atoms with van der Waals surface area (Å²) in [7, 11) is 0. The molecule has 0 bridgehead atoms. The lowest BCUT2D eigenvalue weighted by molar-refractivity contribution is -0.149. The highest BCUT2D eigenvalue weighted by Crippen LogP contribution is 2.32. The molecule has 1 saturated carbocycles. The van der Waals surface area contributed by atoms with Crippen molar-refractivity contribution in [2.45, 2.75) is 45.1 Å². The van der Waals surface area contributed by atoms with E-state index in [1.54, 1.807) is 0 Å². The van der Waals surface area contributed by atoms with Gasteiger partial charge < -0.3 is 15.7 Å². The van der Waals surface area contributed by atoms with Crippen molar-refractivity contribution < 1.29 is 19.5 Å². The van der Waals surface area contributed by atoms with Gasteiger partial charge in [0.05, 0.1) is 6.54 Å². The van der Waals surface area contributed by atoms with Crippen molar-refractivity contribution in [3.63, 3.8) is 0 Å². The van der Waals surface area contributed by atoms with Gasteiger partial charge in [-0.2, -0.15) is 0 Å². The third kappa shape index (κ3) is 3.72. The van der Waals surface area contributed by atoms with E-state index in [1.165, 1.54) is 6.92 Å². The fraction of sp³-hybridized carbons (Fsp3) is 0.750. The van der Waals surface area contributed by atoms with Crippen LogP contribution in [0.5, 0.6) is 0 Å². The topological polar surface area (TPSA) is 95.5 Å². The predicted molar refractivity (Wildman–Crippen MR) is 64.8 cm³/mol. The van der Waals surface area contributed by atoms with Gasteiger partial charge in [-0.15, -0.1) is 0 Å². The third-order valence-electron chi connectivity index (χ3n) is 3.41. The quantitative estimate of drug-likeness (QED) is 0.673. The van der Waals surface area contributed by atoms with E-state index in [0.29, 0.717) is 18.8 Å². The van der Waals surface area contributed by atoms with Gasteiger partial charge in [-0.25, -0.2) is 4.79 Å². The Morgan fingerprint density at radius 3 is 2.28 bits per heavy atom. The SMILES string of the molecule is CC(=O)NCC(=O)NC1(C(=O)O)CCC(C)CC1. The van der Waals surface area contributed by atoms with Crippen molar-refractivity contribution in [2.24, 2.45) is 5.92 Å². The molecule has 0 aliphatic heterocycles. The zero-order valence-electron chi connectivity index (χ0n) is 10.8. The summed E-state index contributed by atoms with van der Waals surface area (Å²) in [6.45, 7) is 3.20. The van der Waals surface area contributed by atoms with Gasteiger partial charge in [0.1, 0.15) is 5.54 Å². The lowest BCUT2D eigenvalue weighted by Gasteiger charge is -2.36. The summed E-state index contributed by atoms with van der Waals surface area (Å²) in [5.74, 6) is -1.27. The zero-order valence-corrected chi connectivity index (χ0v) is 10.8. The largest absolute Gasteiger partial charge is 0.480 e. The number of carbonyl (C=O) groups is 3. The van der Waals surface area contributed by atoms with E-state index in [4.69, 9.17) is 0 Å². The minimum Gasteiger partial charge on any atom is -0.480 e. The van der Waals surface area contributed by atoms with Gasteiger partial charge >= 0.3 is 5.97 Å². The molecule has 1 rings (SSSR count). The number of hydrogen-bond acceptors (Lipinski definition) is 3. The summed E-state index contributed by atoms with van der Waals surface area (Å²) < 4.78 is 0. The van der Waals surface area contributed by atoms with E-state index >= 15 is 0 Å². The Morgan fingerprint density at radius 2 is 1.83 bits per heavy atom. The average Bonchev–Trinajstić information content (AvgIpc) is 2.29. The van der Waals surface area contributed by atoms with Crippen LogP contribution in [0, 0.1) is 5.92 Å². The van der Waals surface area contributed by atoms with Crippen molar-refractivity contribution in [3.05, 3.63) is 0 Å². The first-order chi connectivity index (χ1) is 8.35. The summed E-state index contributed by atoms with van der Waals surface area (Å²) in [6.07, 6.45) is 2.45. The third-order valence-corrected chi connectivity index (χ3v) is 3.41. The minimum atomic E-state index is -1.16. The molecule has 0 radical (unpaired) electrons. The molecular weight excluding hydrogens is 236 g/mol. The van der Waals surface area contributed by atoms with Gasteiger partial charge in [-0.3, -0.25) is 9.59 Å². The van der Waals surface area contributed by atoms with Crippen LogP contribution in [0.1, 0.15) is 39.5 Å². The molecule has 0 atom stereocenters. The maximum absolute atomic E-state index is 11.6. The lowest BCUT2D eigenvalue weighted by atomic mass is 9.77. The van der Waals surface area contributed by atoms with Gasteiger partial charge in [0.15, 0.2) is 0 Å². The number of hydrogen-bond donors (Lipinski definition) is 3. The Hall–Kier alpha value is -1.59. The second kappa shape index (κ2) is 5.84.